The van der Waals surface area contributed by atoms with Crippen molar-refractivity contribution in [3.05, 3.63) is 65.5 Å². The number of aromatic carboxylic acids is 1. The van der Waals surface area contributed by atoms with Crippen molar-refractivity contribution >= 4 is 34.6 Å². The fourth-order valence-electron chi connectivity index (χ4n) is 2.91. The Kier molecular flexibility index (Phi) is 4.73. The van der Waals surface area contributed by atoms with Crippen LogP contribution in [0.15, 0.2) is 58.8 Å². The number of halogens is 1. The highest BCUT2D eigenvalue weighted by atomic mass is 19.1. The van der Waals surface area contributed by atoms with Gasteiger partial charge in [0.25, 0.3) is 0 Å². The molecule has 4 rings (SSSR count). The number of azo groups is 1. The number of carboxylic acid groups (broad SMARTS) is 1. The Morgan fingerprint density at radius 3 is 2.58 bits per heavy atom. The number of carbonyl (C=O) groups is 1. The highest BCUT2D eigenvalue weighted by Gasteiger charge is 2.20. The average Bonchev–Trinajstić information content (AvgIpc) is 3.08. The molecule has 31 heavy (non-hydrogen) atoms. The molecule has 11 heteroatoms. The third kappa shape index (κ3) is 3.49. The molecule has 0 saturated heterocycles. The number of aromatic nitrogens is 3. The molecule has 0 atom stereocenters. The number of hydrogen-bond acceptors (Lipinski definition) is 8. The molecule has 152 valence electrons. The van der Waals surface area contributed by atoms with E-state index in [9.17, 15) is 14.4 Å². The quantitative estimate of drug-likeness (QED) is 0.426. The third-order valence-corrected chi connectivity index (χ3v) is 4.39. The number of nitrogen functional groups attached to an aromatic ring is 2. The molecule has 0 amide bonds. The lowest BCUT2D eigenvalue weighted by Gasteiger charge is -2.08. The molecule has 0 aliphatic heterocycles. The van der Waals surface area contributed by atoms with Gasteiger partial charge in [0.05, 0.1) is 16.9 Å². The van der Waals surface area contributed by atoms with Crippen LogP contribution in [0.5, 0.6) is 0 Å². The summed E-state index contributed by atoms with van der Waals surface area (Å²) in [6.07, 6.45) is 0. The summed E-state index contributed by atoms with van der Waals surface area (Å²) in [4.78, 5) is 15.6. The van der Waals surface area contributed by atoms with E-state index in [0.29, 0.717) is 5.56 Å². The number of nitrogens with two attached hydrogens (primary N) is 2. The SMILES string of the molecule is N#Cc1c(-c2ccc(F)cc2)nc2c(N=Nc3cccc(C(=O)O)c3)c(N)nn2c1N. The minimum absolute atomic E-state index is 0.0205. The minimum atomic E-state index is -1.10. The van der Waals surface area contributed by atoms with E-state index in [-0.39, 0.29) is 45.5 Å². The van der Waals surface area contributed by atoms with Gasteiger partial charge < -0.3 is 16.6 Å². The van der Waals surface area contributed by atoms with Crippen LogP contribution >= 0.6 is 0 Å². The summed E-state index contributed by atoms with van der Waals surface area (Å²) in [5.41, 5.74) is 13.3. The maximum absolute atomic E-state index is 13.3. The molecule has 0 unspecified atom stereocenters. The van der Waals surface area contributed by atoms with Crippen molar-refractivity contribution in [3.8, 4) is 17.3 Å². The zero-order valence-corrected chi connectivity index (χ0v) is 15.7. The van der Waals surface area contributed by atoms with Crippen molar-refractivity contribution in [3.63, 3.8) is 0 Å². The molecule has 0 aliphatic carbocycles. The van der Waals surface area contributed by atoms with E-state index in [2.05, 4.69) is 20.3 Å². The molecule has 5 N–H and O–H groups in total. The van der Waals surface area contributed by atoms with Crippen LogP contribution in [0, 0.1) is 17.1 Å². The highest BCUT2D eigenvalue weighted by Crippen LogP contribution is 2.34. The standard InChI is InChI=1S/C20H13FN8O2/c21-12-6-4-10(5-7-12)15-14(9-22)18(24)29-19(25-15)16(17(23)28-29)27-26-13-3-1-2-11(8-13)20(30)31/h1-8H,24H2,(H2,23,28)(H,30,31). The monoisotopic (exact) mass is 416 g/mol. The molecule has 0 fully saturated rings. The van der Waals surface area contributed by atoms with E-state index in [1.165, 1.54) is 47.0 Å². The first-order valence-electron chi connectivity index (χ1n) is 8.78. The Bertz CT molecular complexity index is 1400. The molecular formula is C20H13FN8O2. The molecule has 0 radical (unpaired) electrons. The summed E-state index contributed by atoms with van der Waals surface area (Å²) >= 11 is 0. The molecule has 4 aromatic rings. The van der Waals surface area contributed by atoms with E-state index in [4.69, 9.17) is 16.6 Å². The van der Waals surface area contributed by atoms with Crippen LogP contribution in [-0.2, 0) is 0 Å². The molecular weight excluding hydrogens is 403 g/mol. The summed E-state index contributed by atoms with van der Waals surface area (Å²) in [5, 5.41) is 30.8. The number of rotatable bonds is 4. The van der Waals surface area contributed by atoms with Crippen LogP contribution in [0.25, 0.3) is 16.9 Å². The van der Waals surface area contributed by atoms with Crippen molar-refractivity contribution in [2.24, 2.45) is 10.2 Å². The van der Waals surface area contributed by atoms with Gasteiger partial charge >= 0.3 is 5.97 Å². The van der Waals surface area contributed by atoms with Crippen LogP contribution in [0.1, 0.15) is 15.9 Å². The predicted octanol–water partition coefficient (Wildman–Crippen LogP) is 3.69. The highest BCUT2D eigenvalue weighted by molar-refractivity contribution is 5.88. The molecule has 0 spiro atoms. The topological polar surface area (TPSA) is 168 Å². The number of nitrogens with zero attached hydrogens (tertiary/aromatic N) is 6. The summed E-state index contributed by atoms with van der Waals surface area (Å²) < 4.78 is 14.5. The second-order valence-corrected chi connectivity index (χ2v) is 6.36. The zero-order chi connectivity index (χ0) is 22.1. The Hall–Kier alpha value is -4.85. The molecule has 2 heterocycles. The Balaban J connectivity index is 1.88. The maximum atomic E-state index is 13.3. The lowest BCUT2D eigenvalue weighted by molar-refractivity contribution is 0.0697. The summed E-state index contributed by atoms with van der Waals surface area (Å²) in [6, 6.07) is 13.2. The van der Waals surface area contributed by atoms with Gasteiger partial charge in [0.1, 0.15) is 23.3 Å². The molecule has 0 bridgehead atoms. The van der Waals surface area contributed by atoms with Gasteiger partial charge in [-0.05, 0) is 42.5 Å². The molecule has 0 saturated carbocycles. The number of anilines is 2. The Morgan fingerprint density at radius 2 is 1.90 bits per heavy atom. The average molecular weight is 416 g/mol. The van der Waals surface area contributed by atoms with Crippen LogP contribution < -0.4 is 11.5 Å². The van der Waals surface area contributed by atoms with Gasteiger partial charge in [-0.15, -0.1) is 10.2 Å². The first kappa shape index (κ1) is 19.5. The van der Waals surface area contributed by atoms with E-state index in [1.54, 1.807) is 6.07 Å². The second-order valence-electron chi connectivity index (χ2n) is 6.36. The van der Waals surface area contributed by atoms with Gasteiger partial charge in [-0.25, -0.2) is 14.2 Å². The van der Waals surface area contributed by atoms with Crippen molar-refractivity contribution in [2.75, 3.05) is 11.5 Å². The predicted molar refractivity (Wildman–Crippen MR) is 109 cm³/mol. The van der Waals surface area contributed by atoms with E-state index < -0.39 is 11.8 Å². The second kappa shape index (κ2) is 7.53. The van der Waals surface area contributed by atoms with Crippen LogP contribution in [-0.4, -0.2) is 25.7 Å². The van der Waals surface area contributed by atoms with Crippen molar-refractivity contribution < 1.29 is 14.3 Å². The largest absolute Gasteiger partial charge is 0.478 e. The fourth-order valence-corrected chi connectivity index (χ4v) is 2.91. The molecule has 2 aromatic heterocycles. The van der Waals surface area contributed by atoms with Crippen molar-refractivity contribution in [2.45, 2.75) is 0 Å². The molecule has 0 aliphatic rings. The van der Waals surface area contributed by atoms with Gasteiger partial charge in [0, 0.05) is 5.56 Å². The summed E-state index contributed by atoms with van der Waals surface area (Å²) in [5.74, 6) is -1.61. The number of nitriles is 1. The number of hydrogen-bond donors (Lipinski definition) is 3. The first-order chi connectivity index (χ1) is 14.9. The van der Waals surface area contributed by atoms with E-state index in [1.807, 2.05) is 6.07 Å². The zero-order valence-electron chi connectivity index (χ0n) is 15.7. The van der Waals surface area contributed by atoms with Crippen LogP contribution in [0.4, 0.5) is 27.4 Å². The first-order valence-corrected chi connectivity index (χ1v) is 8.78. The minimum Gasteiger partial charge on any atom is -0.478 e. The van der Waals surface area contributed by atoms with E-state index in [0.717, 1.165) is 0 Å². The van der Waals surface area contributed by atoms with Crippen LogP contribution in [0.2, 0.25) is 0 Å². The molecule has 2 aromatic carbocycles. The van der Waals surface area contributed by atoms with Crippen molar-refractivity contribution in [1.82, 2.24) is 14.6 Å². The van der Waals surface area contributed by atoms with Gasteiger partial charge in [0.15, 0.2) is 17.2 Å². The number of fused-ring (bicyclic) bond motifs is 1. The lowest BCUT2D eigenvalue weighted by atomic mass is 10.1. The maximum Gasteiger partial charge on any atom is 0.335 e. The fraction of sp³-hybridized carbons (Fsp3) is 0. The van der Waals surface area contributed by atoms with Gasteiger partial charge in [-0.3, -0.25) is 0 Å². The smallest absolute Gasteiger partial charge is 0.335 e. The molecule has 10 nitrogen and oxygen atoms in total. The summed E-state index contributed by atoms with van der Waals surface area (Å²) in [7, 11) is 0. The number of benzene rings is 2. The van der Waals surface area contributed by atoms with Gasteiger partial charge in [0.2, 0.25) is 0 Å². The van der Waals surface area contributed by atoms with Gasteiger partial charge in [-0.1, -0.05) is 6.07 Å². The Labute approximate surface area is 173 Å². The van der Waals surface area contributed by atoms with Gasteiger partial charge in [-0.2, -0.15) is 14.9 Å². The summed E-state index contributed by atoms with van der Waals surface area (Å²) in [6.45, 7) is 0. The lowest BCUT2D eigenvalue weighted by Crippen LogP contribution is -2.06. The number of carboxylic acids is 1. The normalized spacial score (nSPS) is 11.1. The Morgan fingerprint density at radius 1 is 1.16 bits per heavy atom. The van der Waals surface area contributed by atoms with Crippen LogP contribution in [0.3, 0.4) is 0 Å². The third-order valence-electron chi connectivity index (χ3n) is 4.39. The van der Waals surface area contributed by atoms with Crippen molar-refractivity contribution in [1.29, 1.82) is 5.26 Å². The van der Waals surface area contributed by atoms with E-state index >= 15 is 0 Å².